The molecule has 0 spiro atoms. The minimum Gasteiger partial charge on any atom is -0.337 e. The van der Waals surface area contributed by atoms with Crippen LogP contribution in [0.25, 0.3) is 11.4 Å². The largest absolute Gasteiger partial charge is 0.337 e. The lowest BCUT2D eigenvalue weighted by Crippen LogP contribution is -2.18. The van der Waals surface area contributed by atoms with Crippen LogP contribution < -0.4 is 5.73 Å². The fourth-order valence-corrected chi connectivity index (χ4v) is 2.30. The number of aryl methyl sites for hydroxylation is 1. The maximum atomic E-state index is 5.98. The van der Waals surface area contributed by atoms with E-state index in [1.54, 1.807) is 11.3 Å². The van der Waals surface area contributed by atoms with Gasteiger partial charge in [0.25, 0.3) is 0 Å². The predicted octanol–water partition coefficient (Wildman–Crippen LogP) is 2.05. The molecule has 2 heterocycles. The maximum Gasteiger partial charge on any atom is 0.247 e. The van der Waals surface area contributed by atoms with Gasteiger partial charge in [-0.05, 0) is 30.7 Å². The maximum absolute atomic E-state index is 5.98. The number of nitrogens with zero attached hydrogens (tertiary/aromatic N) is 2. The Balaban J connectivity index is 2.01. The molecule has 0 atom stereocenters. The highest BCUT2D eigenvalue weighted by molar-refractivity contribution is 7.08. The molecule has 3 rings (SSSR count). The van der Waals surface area contributed by atoms with Gasteiger partial charge in [0.1, 0.15) is 0 Å². The van der Waals surface area contributed by atoms with Crippen LogP contribution in [0.1, 0.15) is 24.3 Å². The molecular weight excluding hydrogens is 210 g/mol. The van der Waals surface area contributed by atoms with Crippen molar-refractivity contribution < 1.29 is 4.52 Å². The van der Waals surface area contributed by atoms with Gasteiger partial charge in [-0.25, -0.2) is 0 Å². The van der Waals surface area contributed by atoms with Crippen LogP contribution >= 0.6 is 11.3 Å². The molecule has 1 aliphatic carbocycles. The highest BCUT2D eigenvalue weighted by Crippen LogP contribution is 2.42. The first kappa shape index (κ1) is 9.06. The lowest BCUT2D eigenvalue weighted by molar-refractivity contribution is 0.348. The Hall–Kier alpha value is -1.20. The van der Waals surface area contributed by atoms with E-state index < -0.39 is 0 Å². The minimum absolute atomic E-state index is 0.338. The standard InChI is InChI=1S/C10H11N3OS/c1-6-4-15-5-7(6)8-12-9(14-13-8)10(11)2-3-10/h4-5H,2-3,11H2,1H3. The van der Waals surface area contributed by atoms with E-state index in [1.807, 2.05) is 12.3 Å². The minimum atomic E-state index is -0.338. The summed E-state index contributed by atoms with van der Waals surface area (Å²) in [5.41, 5.74) is 7.86. The zero-order valence-electron chi connectivity index (χ0n) is 8.36. The van der Waals surface area contributed by atoms with E-state index in [1.165, 1.54) is 5.56 Å². The number of hydrogen-bond donors (Lipinski definition) is 1. The van der Waals surface area contributed by atoms with Gasteiger partial charge < -0.3 is 10.3 Å². The Kier molecular flexibility index (Phi) is 1.75. The van der Waals surface area contributed by atoms with Crippen LogP contribution in [0.15, 0.2) is 15.3 Å². The van der Waals surface area contributed by atoms with Crippen LogP contribution in [0.2, 0.25) is 0 Å². The quantitative estimate of drug-likeness (QED) is 0.843. The van der Waals surface area contributed by atoms with Gasteiger partial charge in [-0.1, -0.05) is 5.16 Å². The van der Waals surface area contributed by atoms with Crippen molar-refractivity contribution in [3.05, 3.63) is 22.2 Å². The summed E-state index contributed by atoms with van der Waals surface area (Å²) in [6.07, 6.45) is 1.88. The average Bonchev–Trinajstić information content (AvgIpc) is 2.70. The number of rotatable bonds is 2. The topological polar surface area (TPSA) is 64.9 Å². The van der Waals surface area contributed by atoms with Gasteiger partial charge in [0.05, 0.1) is 5.54 Å². The number of aromatic nitrogens is 2. The Bertz CT molecular complexity index is 498. The molecule has 15 heavy (non-hydrogen) atoms. The molecule has 0 saturated heterocycles. The average molecular weight is 221 g/mol. The summed E-state index contributed by atoms with van der Waals surface area (Å²) >= 11 is 1.64. The molecule has 0 amide bonds. The molecule has 0 bridgehead atoms. The second-order valence-corrected chi connectivity index (χ2v) is 4.79. The predicted molar refractivity (Wildman–Crippen MR) is 57.4 cm³/mol. The molecule has 1 saturated carbocycles. The number of nitrogens with two attached hydrogens (primary N) is 1. The first-order valence-electron chi connectivity index (χ1n) is 4.85. The van der Waals surface area contributed by atoms with E-state index in [4.69, 9.17) is 10.3 Å². The van der Waals surface area contributed by atoms with E-state index in [0.29, 0.717) is 11.7 Å². The van der Waals surface area contributed by atoms with Gasteiger partial charge in [0.15, 0.2) is 0 Å². The van der Waals surface area contributed by atoms with E-state index in [0.717, 1.165) is 18.4 Å². The molecule has 2 aromatic rings. The summed E-state index contributed by atoms with van der Waals surface area (Å²) in [7, 11) is 0. The van der Waals surface area contributed by atoms with Gasteiger partial charge >= 0.3 is 0 Å². The lowest BCUT2D eigenvalue weighted by Gasteiger charge is -1.97. The van der Waals surface area contributed by atoms with Crippen LogP contribution in [-0.4, -0.2) is 10.1 Å². The molecule has 0 aromatic carbocycles. The van der Waals surface area contributed by atoms with Gasteiger partial charge in [-0.3, -0.25) is 0 Å². The molecule has 4 nitrogen and oxygen atoms in total. The van der Waals surface area contributed by atoms with Crippen molar-refractivity contribution in [3.63, 3.8) is 0 Å². The van der Waals surface area contributed by atoms with Gasteiger partial charge in [0.2, 0.25) is 11.7 Å². The van der Waals surface area contributed by atoms with E-state index in [2.05, 4.69) is 15.5 Å². The van der Waals surface area contributed by atoms with Crippen molar-refractivity contribution in [1.29, 1.82) is 0 Å². The first-order chi connectivity index (χ1) is 7.19. The number of hydrogen-bond acceptors (Lipinski definition) is 5. The molecule has 78 valence electrons. The second-order valence-electron chi connectivity index (χ2n) is 4.05. The Labute approximate surface area is 91.1 Å². The van der Waals surface area contributed by atoms with E-state index >= 15 is 0 Å². The first-order valence-corrected chi connectivity index (χ1v) is 5.79. The second kappa shape index (κ2) is 2.90. The monoisotopic (exact) mass is 221 g/mol. The summed E-state index contributed by atoms with van der Waals surface area (Å²) < 4.78 is 5.19. The fraction of sp³-hybridized carbons (Fsp3) is 0.400. The van der Waals surface area contributed by atoms with Crippen molar-refractivity contribution in [1.82, 2.24) is 10.1 Å². The van der Waals surface area contributed by atoms with Crippen LogP contribution in [0, 0.1) is 6.92 Å². The van der Waals surface area contributed by atoms with Crippen LogP contribution in [0.3, 0.4) is 0 Å². The Morgan fingerprint density at radius 1 is 1.47 bits per heavy atom. The molecule has 1 fully saturated rings. The van der Waals surface area contributed by atoms with Crippen LogP contribution in [0.4, 0.5) is 0 Å². The summed E-state index contributed by atoms with van der Waals surface area (Å²) in [4.78, 5) is 4.35. The third kappa shape index (κ3) is 1.39. The molecule has 0 aliphatic heterocycles. The molecule has 0 radical (unpaired) electrons. The van der Waals surface area contributed by atoms with Gasteiger partial charge in [-0.2, -0.15) is 16.3 Å². The Morgan fingerprint density at radius 2 is 2.27 bits per heavy atom. The number of thiophene rings is 1. The molecule has 0 unspecified atom stereocenters. The molecule has 2 aromatic heterocycles. The normalized spacial score (nSPS) is 18.0. The fourth-order valence-electron chi connectivity index (χ4n) is 1.47. The van der Waals surface area contributed by atoms with Crippen LogP contribution in [-0.2, 0) is 5.54 Å². The Morgan fingerprint density at radius 3 is 2.87 bits per heavy atom. The molecule has 5 heteroatoms. The third-order valence-electron chi connectivity index (χ3n) is 2.74. The van der Waals surface area contributed by atoms with Gasteiger partial charge in [0, 0.05) is 10.9 Å². The summed E-state index contributed by atoms with van der Waals surface area (Å²) in [6.45, 7) is 2.04. The summed E-state index contributed by atoms with van der Waals surface area (Å²) in [5.74, 6) is 1.23. The SMILES string of the molecule is Cc1cscc1-c1noc(C2(N)CC2)n1. The molecular formula is C10H11N3OS. The molecule has 1 aliphatic rings. The summed E-state index contributed by atoms with van der Waals surface area (Å²) in [5, 5.41) is 8.06. The van der Waals surface area contributed by atoms with Gasteiger partial charge in [-0.15, -0.1) is 0 Å². The van der Waals surface area contributed by atoms with Crippen molar-refractivity contribution >= 4 is 11.3 Å². The highest BCUT2D eigenvalue weighted by atomic mass is 32.1. The van der Waals surface area contributed by atoms with E-state index in [9.17, 15) is 0 Å². The third-order valence-corrected chi connectivity index (χ3v) is 3.60. The van der Waals surface area contributed by atoms with Crippen molar-refractivity contribution in [3.8, 4) is 11.4 Å². The smallest absolute Gasteiger partial charge is 0.247 e. The zero-order chi connectivity index (χ0) is 10.5. The molecule has 2 N–H and O–H groups in total. The highest BCUT2D eigenvalue weighted by Gasteiger charge is 2.45. The van der Waals surface area contributed by atoms with Crippen molar-refractivity contribution in [2.45, 2.75) is 25.3 Å². The van der Waals surface area contributed by atoms with E-state index in [-0.39, 0.29) is 5.54 Å². The van der Waals surface area contributed by atoms with Crippen molar-refractivity contribution in [2.75, 3.05) is 0 Å². The van der Waals surface area contributed by atoms with Crippen molar-refractivity contribution in [2.24, 2.45) is 5.73 Å². The summed E-state index contributed by atoms with van der Waals surface area (Å²) in [6, 6.07) is 0. The van der Waals surface area contributed by atoms with Crippen LogP contribution in [0.5, 0.6) is 0 Å². The lowest BCUT2D eigenvalue weighted by atomic mass is 10.2. The zero-order valence-corrected chi connectivity index (χ0v) is 9.17.